The van der Waals surface area contributed by atoms with E-state index in [1.807, 2.05) is 31.3 Å². The molecule has 0 saturated carbocycles. The first kappa shape index (κ1) is 50.6. The van der Waals surface area contributed by atoms with Crippen LogP contribution in [0.2, 0.25) is 0 Å². The maximum atomic E-state index is 11.8. The standard InChI is InChI=1S/C63H70N4O8/c1-65-32-54-53-20-14-39(12-13-40-15-21-58(71)44(24-40)25-41-7-4-9-50(69)26-41)6-5-10-52-31-51(70)19-17-43-30-60(59(72)29-46(43)35-68)75-36-47-28-49(63-22-23-73-37-48(63)18-16-42-8-2-3-11-57(42)63)27-45-33-67(34-55(45)47)62(66-61(54)64)56(53)38-74-52/h2-4,7-9,11,15,21,24,26-30,33-34,39,48,51-52,61,65-66,68-72H,5-6,10,12-13,16-19,22-23,25,31-32,35-38,64H2,1H3/t39-,48+,51+,52-,61?,63+/m0/s1. The third-order valence-corrected chi connectivity index (χ3v) is 16.8. The number of rotatable bonds is 9. The first-order valence-electron chi connectivity index (χ1n) is 27.0. The van der Waals surface area contributed by atoms with Gasteiger partial charge in [0.25, 0.3) is 0 Å². The number of hydrogen-bond acceptors (Lipinski definition) is 11. The van der Waals surface area contributed by atoms with Crippen molar-refractivity contribution in [3.05, 3.63) is 170 Å². The molecule has 0 radical (unpaired) electrons. The van der Waals surface area contributed by atoms with Crippen LogP contribution < -0.4 is 21.1 Å². The summed E-state index contributed by atoms with van der Waals surface area (Å²) in [6.07, 6.45) is 11.4. The maximum Gasteiger partial charge on any atom is 0.161 e. The summed E-state index contributed by atoms with van der Waals surface area (Å²) in [4.78, 5) is 0. The van der Waals surface area contributed by atoms with E-state index in [1.54, 1.807) is 24.3 Å². The van der Waals surface area contributed by atoms with E-state index in [0.29, 0.717) is 56.8 Å². The van der Waals surface area contributed by atoms with Gasteiger partial charge in [0, 0.05) is 65.2 Å². The Bertz CT molecular complexity index is 3220. The number of likely N-dealkylation sites (N-methyl/N-ethyl adjacent to an activating group) is 1. The van der Waals surface area contributed by atoms with Crippen LogP contribution in [0.25, 0.3) is 16.6 Å². The van der Waals surface area contributed by atoms with Gasteiger partial charge < -0.3 is 60.7 Å². The van der Waals surface area contributed by atoms with E-state index in [2.05, 4.69) is 81.9 Å². The van der Waals surface area contributed by atoms with Crippen molar-refractivity contribution in [2.45, 2.75) is 114 Å². The zero-order valence-electron chi connectivity index (χ0n) is 42.9. The van der Waals surface area contributed by atoms with Gasteiger partial charge in [-0.3, -0.25) is 0 Å². The monoisotopic (exact) mass is 1010 g/mol. The molecule has 12 heteroatoms. The van der Waals surface area contributed by atoms with Crippen molar-refractivity contribution >= 4 is 16.6 Å². The molecule has 1 unspecified atom stereocenters. The zero-order valence-corrected chi connectivity index (χ0v) is 42.9. The summed E-state index contributed by atoms with van der Waals surface area (Å²) in [5.41, 5.74) is 18.7. The molecule has 75 heavy (non-hydrogen) atoms. The largest absolute Gasteiger partial charge is 0.508 e. The molecule has 5 aromatic carbocycles. The van der Waals surface area contributed by atoms with Gasteiger partial charge in [-0.25, -0.2) is 0 Å². The van der Waals surface area contributed by atoms with Crippen LogP contribution in [0.5, 0.6) is 23.0 Å². The number of aliphatic hydroxyl groups excluding tert-OH is 2. The second kappa shape index (κ2) is 22.0. The summed E-state index contributed by atoms with van der Waals surface area (Å²) in [5.74, 6) is 9.28. The molecule has 4 aliphatic heterocycles. The van der Waals surface area contributed by atoms with Crippen LogP contribution in [0, 0.1) is 23.7 Å². The van der Waals surface area contributed by atoms with Crippen molar-refractivity contribution in [3.8, 4) is 34.8 Å². The van der Waals surface area contributed by atoms with Crippen LogP contribution in [-0.2, 0) is 53.8 Å². The molecule has 0 spiro atoms. The molecule has 5 aliphatic rings. The number of aromatic hydroxyl groups is 3. The Kier molecular flexibility index (Phi) is 14.8. The summed E-state index contributed by atoms with van der Waals surface area (Å²) in [7, 11) is 1.92. The van der Waals surface area contributed by atoms with Gasteiger partial charge in [-0.2, -0.15) is 0 Å². The predicted molar refractivity (Wildman–Crippen MR) is 291 cm³/mol. The van der Waals surface area contributed by atoms with Gasteiger partial charge in [-0.15, -0.1) is 0 Å². The van der Waals surface area contributed by atoms with E-state index >= 15 is 0 Å². The lowest BCUT2D eigenvalue weighted by Gasteiger charge is -2.49. The summed E-state index contributed by atoms with van der Waals surface area (Å²) >= 11 is 0. The Morgan fingerprint density at radius 1 is 0.853 bits per heavy atom. The summed E-state index contributed by atoms with van der Waals surface area (Å²) in [5, 5.41) is 63.8. The molecule has 6 aromatic rings. The van der Waals surface area contributed by atoms with Gasteiger partial charge in [0.1, 0.15) is 30.1 Å². The van der Waals surface area contributed by atoms with Crippen molar-refractivity contribution in [2.24, 2.45) is 17.6 Å². The number of aliphatic hydroxyl groups is 2. The lowest BCUT2D eigenvalue weighted by atomic mass is 9.57. The number of phenolic OH excluding ortho intramolecular Hbond substituents is 3. The average molecular weight is 1010 g/mol. The molecule has 6 bridgehead atoms. The summed E-state index contributed by atoms with van der Waals surface area (Å²) in [6.45, 7) is 1.99. The minimum atomic E-state index is -0.707. The number of ether oxygens (including phenoxy) is 3. The second-order valence-electron chi connectivity index (χ2n) is 21.5. The highest BCUT2D eigenvalue weighted by atomic mass is 16.5. The number of nitrogens with zero attached hydrogens (tertiary/aromatic N) is 1. The molecule has 390 valence electrons. The van der Waals surface area contributed by atoms with Gasteiger partial charge in [0.15, 0.2) is 11.5 Å². The van der Waals surface area contributed by atoms with E-state index < -0.39 is 12.3 Å². The molecule has 1 aromatic heterocycles. The van der Waals surface area contributed by atoms with Gasteiger partial charge in [0.05, 0.1) is 32.0 Å². The number of hydrogen-bond donors (Lipinski definition) is 8. The molecular weight excluding hydrogens is 941 g/mol. The highest BCUT2D eigenvalue weighted by molar-refractivity contribution is 5.89. The highest BCUT2D eigenvalue weighted by Gasteiger charge is 2.47. The van der Waals surface area contributed by atoms with Crippen LogP contribution >= 0.6 is 0 Å². The van der Waals surface area contributed by atoms with Gasteiger partial charge in [-0.05, 0) is 176 Å². The van der Waals surface area contributed by atoms with Crippen LogP contribution in [0.4, 0.5) is 0 Å². The van der Waals surface area contributed by atoms with Gasteiger partial charge in [0.2, 0.25) is 0 Å². The summed E-state index contributed by atoms with van der Waals surface area (Å²) < 4.78 is 22.1. The Morgan fingerprint density at radius 2 is 1.73 bits per heavy atom. The molecule has 11 rings (SSSR count). The van der Waals surface area contributed by atoms with Crippen LogP contribution in [0.15, 0.2) is 120 Å². The topological polar surface area (TPSA) is 184 Å². The fraction of sp³-hybridized carbons (Fsp3) is 0.397. The zero-order chi connectivity index (χ0) is 51.6. The second-order valence-corrected chi connectivity index (χ2v) is 21.5. The molecular formula is C63H70N4O8. The molecule has 1 aliphatic carbocycles. The van der Waals surface area contributed by atoms with Crippen molar-refractivity contribution in [1.82, 2.24) is 15.2 Å². The van der Waals surface area contributed by atoms with E-state index in [1.165, 1.54) is 16.7 Å². The lowest BCUT2D eigenvalue weighted by molar-refractivity contribution is 0.00498. The lowest BCUT2D eigenvalue weighted by Crippen LogP contribution is -2.47. The number of fused-ring (bicyclic) bond motifs is 9. The highest BCUT2D eigenvalue weighted by Crippen LogP contribution is 2.52. The average Bonchev–Trinajstić information content (AvgIpc) is 3.85. The molecule has 1 saturated heterocycles. The van der Waals surface area contributed by atoms with Crippen LogP contribution in [0.3, 0.4) is 0 Å². The molecule has 5 heterocycles. The van der Waals surface area contributed by atoms with Crippen molar-refractivity contribution < 1.29 is 39.7 Å². The molecule has 12 nitrogen and oxygen atoms in total. The quantitative estimate of drug-likeness (QED) is 0.0648. The molecule has 6 atom stereocenters. The third kappa shape index (κ3) is 10.4. The number of phenols is 3. The molecule has 1 fully saturated rings. The number of nitrogens with two attached hydrogens (primary N) is 1. The predicted octanol–water partition coefficient (Wildman–Crippen LogP) is 8.78. The Balaban J connectivity index is 1.03. The fourth-order valence-corrected chi connectivity index (χ4v) is 12.8. The smallest absolute Gasteiger partial charge is 0.161 e. The fourth-order valence-electron chi connectivity index (χ4n) is 12.8. The first-order chi connectivity index (χ1) is 36.6. The first-order valence-corrected chi connectivity index (χ1v) is 27.0. The number of aryl methyl sites for hydroxylation is 3. The minimum Gasteiger partial charge on any atom is -0.508 e. The maximum absolute atomic E-state index is 11.8. The SMILES string of the molecule is CNCC1=C2C#C[C@H](CCc3ccc(O)c(Cc4cccc(O)c4)c3)CCC[C@H]3C[C@H](O)CCc4cc(c(O)cc4CO)OCc4cc([C@@]56CCOC[C@H]5CCc5ccccc56)cc5cn(cc45)C(=C2CO3)NC1N. The third-order valence-electron chi connectivity index (χ3n) is 16.8. The number of aromatic nitrogens is 1. The number of nitrogens with one attached hydrogen (secondary N) is 2. The van der Waals surface area contributed by atoms with Gasteiger partial charge in [-0.1, -0.05) is 66.4 Å². The number of dihydropyridines is 1. The van der Waals surface area contributed by atoms with E-state index in [-0.39, 0.29) is 60.4 Å². The van der Waals surface area contributed by atoms with Gasteiger partial charge >= 0.3 is 0 Å². The van der Waals surface area contributed by atoms with Crippen molar-refractivity contribution in [2.75, 3.05) is 33.4 Å². The van der Waals surface area contributed by atoms with Crippen molar-refractivity contribution in [3.63, 3.8) is 0 Å². The molecule has 9 N–H and O–H groups in total. The normalized spacial score (nSPS) is 24.0. The van der Waals surface area contributed by atoms with Crippen molar-refractivity contribution in [1.29, 1.82) is 0 Å². The van der Waals surface area contributed by atoms with E-state index in [0.717, 1.165) is 112 Å². The van der Waals surface area contributed by atoms with E-state index in [4.69, 9.17) is 19.9 Å². The molecule has 0 amide bonds. The Hall–Kier alpha value is -6.56. The van der Waals surface area contributed by atoms with Crippen LogP contribution in [0.1, 0.15) is 101 Å². The number of benzene rings is 5. The Labute approximate surface area is 439 Å². The summed E-state index contributed by atoms with van der Waals surface area (Å²) in [6, 6.07) is 29.9. The Morgan fingerprint density at radius 3 is 2.60 bits per heavy atom. The van der Waals surface area contributed by atoms with Crippen LogP contribution in [-0.4, -0.2) is 81.9 Å². The minimum absolute atomic E-state index is 0.0202. The van der Waals surface area contributed by atoms with E-state index in [9.17, 15) is 25.5 Å².